The fourth-order valence-electron chi connectivity index (χ4n) is 2.42. The Labute approximate surface area is 140 Å². The van der Waals surface area contributed by atoms with Crippen molar-refractivity contribution in [3.63, 3.8) is 0 Å². The van der Waals surface area contributed by atoms with E-state index in [2.05, 4.69) is 4.74 Å². The molecule has 0 aliphatic carbocycles. The van der Waals surface area contributed by atoms with Gasteiger partial charge in [-0.2, -0.15) is 0 Å². The molecule has 1 aliphatic heterocycles. The third-order valence-corrected chi connectivity index (χ3v) is 3.24. The highest BCUT2D eigenvalue weighted by Crippen LogP contribution is 2.29. The average molecular weight is 343 g/mol. The highest BCUT2D eigenvalue weighted by Gasteiger charge is 2.53. The molecule has 5 atom stereocenters. The van der Waals surface area contributed by atoms with Crippen LogP contribution in [0.25, 0.3) is 0 Å². The Hall–Kier alpha value is -2.10. The van der Waals surface area contributed by atoms with E-state index < -0.39 is 54.3 Å². The van der Waals surface area contributed by atoms with Gasteiger partial charge in [0, 0.05) is 20.8 Å². The molecule has 1 rings (SSSR count). The molecule has 1 saturated heterocycles. The molecule has 0 bridgehead atoms. The van der Waals surface area contributed by atoms with Crippen LogP contribution in [-0.4, -0.2) is 68.7 Å². The topological polar surface area (TPSA) is 114 Å². The maximum absolute atomic E-state index is 12.0. The Morgan fingerprint density at radius 2 is 1.29 bits per heavy atom. The highest BCUT2D eigenvalue weighted by molar-refractivity contribution is 6.35. The van der Waals surface area contributed by atoms with E-state index in [1.807, 2.05) is 0 Å². The lowest BCUT2D eigenvalue weighted by Gasteiger charge is -2.43. The smallest absolute Gasteiger partial charge is 0.339 e. The third kappa shape index (κ3) is 4.95. The van der Waals surface area contributed by atoms with Crippen LogP contribution in [0.3, 0.4) is 0 Å². The van der Waals surface area contributed by atoms with Gasteiger partial charge < -0.3 is 23.7 Å². The molecule has 1 aliphatic rings. The summed E-state index contributed by atoms with van der Waals surface area (Å²) in [7, 11) is 2.67. The van der Waals surface area contributed by atoms with Crippen LogP contribution in [0, 0.1) is 0 Å². The molecule has 0 saturated carbocycles. The largest absolute Gasteiger partial charge is 0.467 e. The molecular weight excluding hydrogens is 323 g/mol. The summed E-state index contributed by atoms with van der Waals surface area (Å²) in [6.07, 6.45) is -4.97. The lowest BCUT2D eigenvalue weighted by Crippen LogP contribution is -2.64. The van der Waals surface area contributed by atoms with Crippen LogP contribution in [0.5, 0.6) is 0 Å². The first-order chi connectivity index (χ1) is 11.2. The standard InChI is InChI=1S/C14H20BO9/c1-6(16)21-9-10(22-7(2)17)12(14(19)20-5)24-13(15-4)11(9)23-8(3)18/h9-13H,1-5H3/t9-,10-,11+,12-,13-/m0/s1. The second-order valence-electron chi connectivity index (χ2n) is 5.10. The summed E-state index contributed by atoms with van der Waals surface area (Å²) in [5.74, 6) is -2.89. The monoisotopic (exact) mass is 343 g/mol. The molecule has 0 spiro atoms. The lowest BCUT2D eigenvalue weighted by atomic mass is 9.68. The van der Waals surface area contributed by atoms with E-state index in [1.54, 1.807) is 6.82 Å². The number of ether oxygens (including phenoxy) is 5. The molecule has 0 aromatic rings. The Morgan fingerprint density at radius 1 is 0.833 bits per heavy atom. The van der Waals surface area contributed by atoms with Crippen LogP contribution in [0.1, 0.15) is 20.8 Å². The van der Waals surface area contributed by atoms with Gasteiger partial charge in [0.1, 0.15) is 0 Å². The molecule has 1 fully saturated rings. The highest BCUT2D eigenvalue weighted by atomic mass is 16.7. The number of esters is 4. The van der Waals surface area contributed by atoms with Crippen molar-refractivity contribution < 1.29 is 42.9 Å². The van der Waals surface area contributed by atoms with Gasteiger partial charge >= 0.3 is 23.9 Å². The maximum Gasteiger partial charge on any atom is 0.339 e. The van der Waals surface area contributed by atoms with Crippen molar-refractivity contribution in [2.24, 2.45) is 0 Å². The normalized spacial score (nSPS) is 29.1. The van der Waals surface area contributed by atoms with E-state index in [0.717, 1.165) is 21.0 Å². The van der Waals surface area contributed by atoms with Gasteiger partial charge in [0.25, 0.3) is 0 Å². The maximum atomic E-state index is 12.0. The number of methoxy groups -OCH3 is 1. The van der Waals surface area contributed by atoms with Crippen molar-refractivity contribution in [2.75, 3.05) is 7.11 Å². The van der Waals surface area contributed by atoms with Crippen molar-refractivity contribution in [2.45, 2.75) is 58.0 Å². The Balaban J connectivity index is 3.28. The van der Waals surface area contributed by atoms with Gasteiger partial charge in [-0.3, -0.25) is 14.4 Å². The fourth-order valence-corrected chi connectivity index (χ4v) is 2.42. The van der Waals surface area contributed by atoms with E-state index in [9.17, 15) is 19.2 Å². The first-order valence-corrected chi connectivity index (χ1v) is 7.25. The van der Waals surface area contributed by atoms with Gasteiger partial charge in [0.2, 0.25) is 0 Å². The molecule has 10 heteroatoms. The van der Waals surface area contributed by atoms with Crippen molar-refractivity contribution in [3.05, 3.63) is 0 Å². The minimum atomic E-state index is -1.34. The predicted octanol–water partition coefficient (Wildman–Crippen LogP) is -0.568. The van der Waals surface area contributed by atoms with Crippen LogP contribution in [0.4, 0.5) is 0 Å². The van der Waals surface area contributed by atoms with Gasteiger partial charge in [0.15, 0.2) is 31.7 Å². The zero-order valence-electron chi connectivity index (χ0n) is 14.1. The molecule has 0 amide bonds. The van der Waals surface area contributed by atoms with E-state index in [0.29, 0.717) is 0 Å². The molecule has 9 nitrogen and oxygen atoms in total. The van der Waals surface area contributed by atoms with Gasteiger partial charge in [0.05, 0.1) is 13.1 Å². The summed E-state index contributed by atoms with van der Waals surface area (Å²) < 4.78 is 25.6. The van der Waals surface area contributed by atoms with Crippen molar-refractivity contribution in [1.29, 1.82) is 0 Å². The number of hydrogen-bond acceptors (Lipinski definition) is 9. The van der Waals surface area contributed by atoms with Crippen molar-refractivity contribution >= 4 is 31.2 Å². The van der Waals surface area contributed by atoms with Crippen LogP contribution in [-0.2, 0) is 42.9 Å². The van der Waals surface area contributed by atoms with Crippen LogP contribution in [0.2, 0.25) is 6.82 Å². The van der Waals surface area contributed by atoms with Crippen LogP contribution >= 0.6 is 0 Å². The second kappa shape index (κ2) is 8.67. The molecular formula is C14H20BO9. The molecule has 1 radical (unpaired) electrons. The first kappa shape index (κ1) is 20.0. The first-order valence-electron chi connectivity index (χ1n) is 7.25. The third-order valence-electron chi connectivity index (χ3n) is 3.24. The second-order valence-corrected chi connectivity index (χ2v) is 5.10. The van der Waals surface area contributed by atoms with Crippen molar-refractivity contribution in [1.82, 2.24) is 0 Å². The number of carbonyl (C=O) groups is 4. The van der Waals surface area contributed by atoms with E-state index in [4.69, 9.17) is 18.9 Å². The predicted molar refractivity (Wildman–Crippen MR) is 79.0 cm³/mol. The summed E-state index contributed by atoms with van der Waals surface area (Å²) in [4.78, 5) is 46.2. The van der Waals surface area contributed by atoms with Crippen LogP contribution in [0.15, 0.2) is 0 Å². The minimum absolute atomic E-state index is 0.648. The molecule has 0 unspecified atom stereocenters. The molecule has 0 N–H and O–H groups in total. The quantitative estimate of drug-likeness (QED) is 0.368. The molecule has 24 heavy (non-hydrogen) atoms. The Kier molecular flexibility index (Phi) is 7.21. The summed E-state index contributed by atoms with van der Waals surface area (Å²) in [5, 5.41) is 0. The van der Waals surface area contributed by atoms with Gasteiger partial charge in [-0.05, 0) is 0 Å². The SMILES string of the molecule is C[B][C@H]1O[C@H](C(=O)OC)[C@@H](OC(C)=O)[C@H](OC(C)=O)[C@H]1OC(C)=O. The van der Waals surface area contributed by atoms with Crippen LogP contribution < -0.4 is 0 Å². The number of carbonyl (C=O) groups excluding carboxylic acids is 4. The van der Waals surface area contributed by atoms with E-state index in [-0.39, 0.29) is 0 Å². The van der Waals surface area contributed by atoms with Crippen molar-refractivity contribution in [3.8, 4) is 0 Å². The van der Waals surface area contributed by atoms with Gasteiger partial charge in [-0.15, -0.1) is 0 Å². The Bertz CT molecular complexity index is 506. The average Bonchev–Trinajstić information content (AvgIpc) is 2.48. The fraction of sp³-hybridized carbons (Fsp3) is 0.714. The molecule has 133 valence electrons. The molecule has 1 heterocycles. The number of rotatable bonds is 5. The zero-order valence-corrected chi connectivity index (χ0v) is 14.1. The Morgan fingerprint density at radius 3 is 1.71 bits per heavy atom. The van der Waals surface area contributed by atoms with E-state index >= 15 is 0 Å². The summed E-state index contributed by atoms with van der Waals surface area (Å²) in [6.45, 7) is 5.05. The number of hydrogen-bond donors (Lipinski definition) is 0. The summed E-state index contributed by atoms with van der Waals surface area (Å²) >= 11 is 0. The molecule has 0 aromatic heterocycles. The summed E-state index contributed by atoms with van der Waals surface area (Å²) in [5.41, 5.74) is 0. The minimum Gasteiger partial charge on any atom is -0.467 e. The lowest BCUT2D eigenvalue weighted by molar-refractivity contribution is -0.236. The van der Waals surface area contributed by atoms with Gasteiger partial charge in [-0.25, -0.2) is 4.79 Å². The van der Waals surface area contributed by atoms with Gasteiger partial charge in [-0.1, -0.05) is 6.82 Å². The zero-order chi connectivity index (χ0) is 18.4. The van der Waals surface area contributed by atoms with E-state index in [1.165, 1.54) is 14.2 Å². The molecule has 0 aromatic carbocycles. The summed E-state index contributed by atoms with van der Waals surface area (Å²) in [6, 6.07) is -0.867.